The van der Waals surface area contributed by atoms with E-state index in [0.717, 1.165) is 18.8 Å². The van der Waals surface area contributed by atoms with Gasteiger partial charge < -0.3 is 4.42 Å². The highest BCUT2D eigenvalue weighted by atomic mass is 32.2. The Morgan fingerprint density at radius 2 is 1.74 bits per heavy atom. The van der Waals surface area contributed by atoms with Crippen molar-refractivity contribution in [2.24, 2.45) is 0 Å². The van der Waals surface area contributed by atoms with E-state index in [1.165, 1.54) is 0 Å². The van der Waals surface area contributed by atoms with E-state index in [-0.39, 0.29) is 5.54 Å². The van der Waals surface area contributed by atoms with Gasteiger partial charge in [0.15, 0.2) is 0 Å². The van der Waals surface area contributed by atoms with Gasteiger partial charge in [-0.05, 0) is 20.8 Å². The minimum Gasteiger partial charge on any atom is -0.424 e. The molecule has 0 aliphatic rings. The maximum atomic E-state index is 5.49. The van der Waals surface area contributed by atoms with E-state index in [1.807, 2.05) is 18.7 Å². The third kappa shape index (κ3) is 6.43. The minimum absolute atomic E-state index is 0.0980. The fraction of sp³-hybridized carbons (Fsp3) is 0.857. The number of rotatable bonds is 5. The second-order valence-electron chi connectivity index (χ2n) is 6.77. The Kier molecular flexibility index (Phi) is 5.44. The van der Waals surface area contributed by atoms with Crippen LogP contribution in [0, 0.1) is 6.92 Å². The van der Waals surface area contributed by atoms with Gasteiger partial charge in [0, 0.05) is 29.5 Å². The zero-order valence-electron chi connectivity index (χ0n) is 13.3. The van der Waals surface area contributed by atoms with E-state index in [4.69, 9.17) is 4.42 Å². The molecule has 1 aromatic rings. The first-order chi connectivity index (χ1) is 8.58. The van der Waals surface area contributed by atoms with Gasteiger partial charge in [-0.1, -0.05) is 20.8 Å². The summed E-state index contributed by atoms with van der Waals surface area (Å²) in [5.41, 5.74) is 0.0980. The first-order valence-electron chi connectivity index (χ1n) is 6.76. The Morgan fingerprint density at radius 3 is 2.16 bits per heavy atom. The molecule has 0 radical (unpaired) electrons. The van der Waals surface area contributed by atoms with Gasteiger partial charge in [0.2, 0.25) is 11.8 Å². The van der Waals surface area contributed by atoms with Crippen molar-refractivity contribution in [3.63, 3.8) is 0 Å². The molecule has 0 unspecified atom stereocenters. The first kappa shape index (κ1) is 16.5. The van der Waals surface area contributed by atoms with Gasteiger partial charge in [0.1, 0.15) is 0 Å². The molecule has 0 aromatic carbocycles. The van der Waals surface area contributed by atoms with E-state index in [1.54, 1.807) is 0 Å². The van der Waals surface area contributed by atoms with Crippen LogP contribution < -0.4 is 0 Å². The summed E-state index contributed by atoms with van der Waals surface area (Å²) >= 11 is 1.99. The number of aryl methyl sites for hydroxylation is 1. The molecule has 0 saturated carbocycles. The zero-order chi connectivity index (χ0) is 14.7. The van der Waals surface area contributed by atoms with E-state index in [2.05, 4.69) is 56.6 Å². The highest BCUT2D eigenvalue weighted by Crippen LogP contribution is 2.24. The number of hydrogen-bond acceptors (Lipinski definition) is 5. The quantitative estimate of drug-likeness (QED) is 0.828. The lowest BCUT2D eigenvalue weighted by atomic mass is 10.1. The van der Waals surface area contributed by atoms with Gasteiger partial charge in [0.05, 0.1) is 6.54 Å². The Hall–Kier alpha value is -0.550. The molecule has 0 bridgehead atoms. The van der Waals surface area contributed by atoms with Crippen molar-refractivity contribution >= 4 is 11.8 Å². The van der Waals surface area contributed by atoms with E-state index in [9.17, 15) is 0 Å². The average Bonchev–Trinajstić information content (AvgIpc) is 2.59. The minimum atomic E-state index is 0.0980. The summed E-state index contributed by atoms with van der Waals surface area (Å²) in [4.78, 5) is 2.39. The van der Waals surface area contributed by atoms with Crippen LogP contribution in [0.2, 0.25) is 0 Å². The molecule has 0 N–H and O–H groups in total. The van der Waals surface area contributed by atoms with Crippen molar-refractivity contribution in [2.45, 2.75) is 65.3 Å². The average molecular weight is 285 g/mol. The van der Waals surface area contributed by atoms with Crippen LogP contribution in [0.15, 0.2) is 4.42 Å². The summed E-state index contributed by atoms with van der Waals surface area (Å²) in [6.45, 7) is 17.0. The van der Waals surface area contributed by atoms with Crippen molar-refractivity contribution in [3.8, 4) is 0 Å². The van der Waals surface area contributed by atoms with Crippen LogP contribution in [0.5, 0.6) is 0 Å². The third-order valence-corrected chi connectivity index (χ3v) is 3.99. The van der Waals surface area contributed by atoms with Gasteiger partial charge in [-0.2, -0.15) is 11.8 Å². The highest BCUT2D eigenvalue weighted by Gasteiger charge is 2.23. The number of hydrogen-bond donors (Lipinski definition) is 0. The zero-order valence-corrected chi connectivity index (χ0v) is 14.1. The summed E-state index contributed by atoms with van der Waals surface area (Å²) in [7, 11) is 0. The van der Waals surface area contributed by atoms with Crippen LogP contribution in [-0.2, 0) is 6.54 Å². The van der Waals surface area contributed by atoms with Crippen molar-refractivity contribution in [2.75, 3.05) is 12.3 Å². The molecular formula is C14H27N3OS. The fourth-order valence-corrected chi connectivity index (χ4v) is 2.60. The summed E-state index contributed by atoms with van der Waals surface area (Å²) in [6.07, 6.45) is 0. The molecule has 0 fully saturated rings. The van der Waals surface area contributed by atoms with E-state index in [0.29, 0.717) is 16.5 Å². The van der Waals surface area contributed by atoms with Crippen molar-refractivity contribution < 1.29 is 4.42 Å². The maximum Gasteiger partial charge on any atom is 0.230 e. The molecule has 1 heterocycles. The lowest BCUT2D eigenvalue weighted by Gasteiger charge is -2.35. The molecule has 0 amide bonds. The van der Waals surface area contributed by atoms with Gasteiger partial charge in [-0.25, -0.2) is 0 Å². The molecule has 19 heavy (non-hydrogen) atoms. The third-order valence-electron chi connectivity index (χ3n) is 2.74. The topological polar surface area (TPSA) is 42.2 Å². The molecule has 0 aliphatic heterocycles. The molecule has 1 aromatic heterocycles. The van der Waals surface area contributed by atoms with E-state index < -0.39 is 0 Å². The molecule has 0 spiro atoms. The Morgan fingerprint density at radius 1 is 1.11 bits per heavy atom. The molecule has 0 aliphatic carbocycles. The Labute approximate surface area is 121 Å². The van der Waals surface area contributed by atoms with Gasteiger partial charge in [-0.3, -0.25) is 4.90 Å². The number of aromatic nitrogens is 2. The second kappa shape index (κ2) is 6.27. The van der Waals surface area contributed by atoms with Crippen LogP contribution >= 0.6 is 11.8 Å². The molecule has 110 valence electrons. The first-order valence-corrected chi connectivity index (χ1v) is 7.74. The van der Waals surface area contributed by atoms with Gasteiger partial charge >= 0.3 is 0 Å². The van der Waals surface area contributed by atoms with Crippen molar-refractivity contribution in [1.29, 1.82) is 0 Å². The standard InChI is InChI=1S/C14H27N3OS/c1-11-15-16-12(18-11)10-17(13(2,3)4)8-9-19-14(5,6)7/h8-10H2,1-7H3. The van der Waals surface area contributed by atoms with Crippen LogP contribution in [-0.4, -0.2) is 37.7 Å². The van der Waals surface area contributed by atoms with Crippen LogP contribution in [0.1, 0.15) is 53.3 Å². The fourth-order valence-electron chi connectivity index (χ4n) is 1.68. The highest BCUT2D eigenvalue weighted by molar-refractivity contribution is 8.00. The predicted octanol–water partition coefficient (Wildman–Crippen LogP) is 3.51. The number of thioether (sulfide) groups is 1. The predicted molar refractivity (Wildman–Crippen MR) is 81.4 cm³/mol. The normalized spacial score (nSPS) is 13.3. The number of nitrogens with zero attached hydrogens (tertiary/aromatic N) is 3. The second-order valence-corrected chi connectivity index (χ2v) is 8.69. The van der Waals surface area contributed by atoms with Crippen LogP contribution in [0.3, 0.4) is 0 Å². The van der Waals surface area contributed by atoms with Crippen molar-refractivity contribution in [3.05, 3.63) is 11.8 Å². The summed E-state index contributed by atoms with van der Waals surface area (Å²) < 4.78 is 5.80. The van der Waals surface area contributed by atoms with E-state index >= 15 is 0 Å². The lowest BCUT2D eigenvalue weighted by molar-refractivity contribution is 0.124. The molecule has 4 nitrogen and oxygen atoms in total. The lowest BCUT2D eigenvalue weighted by Crippen LogP contribution is -2.42. The molecule has 1 rings (SSSR count). The molecule has 0 saturated heterocycles. The molecule has 5 heteroatoms. The smallest absolute Gasteiger partial charge is 0.230 e. The largest absolute Gasteiger partial charge is 0.424 e. The Balaban J connectivity index is 2.58. The van der Waals surface area contributed by atoms with Gasteiger partial charge in [0.25, 0.3) is 0 Å². The summed E-state index contributed by atoms with van der Waals surface area (Å²) in [5, 5.41) is 7.98. The van der Waals surface area contributed by atoms with Gasteiger partial charge in [-0.15, -0.1) is 10.2 Å². The van der Waals surface area contributed by atoms with Crippen molar-refractivity contribution in [1.82, 2.24) is 15.1 Å². The monoisotopic (exact) mass is 285 g/mol. The summed E-state index contributed by atoms with van der Waals surface area (Å²) in [6, 6.07) is 0. The maximum absolute atomic E-state index is 5.49. The van der Waals surface area contributed by atoms with Crippen LogP contribution in [0.25, 0.3) is 0 Å². The molecule has 0 atom stereocenters. The SMILES string of the molecule is Cc1nnc(CN(CCSC(C)(C)C)C(C)(C)C)o1. The molecular weight excluding hydrogens is 258 g/mol. The Bertz CT molecular complexity index is 390. The summed E-state index contributed by atoms with van der Waals surface area (Å²) in [5.74, 6) is 2.44. The van der Waals surface area contributed by atoms with Crippen LogP contribution in [0.4, 0.5) is 0 Å².